The lowest BCUT2D eigenvalue weighted by Crippen LogP contribution is -2.26. The topological polar surface area (TPSA) is 58.2 Å². The quantitative estimate of drug-likeness (QED) is 0.674. The third kappa shape index (κ3) is 4.79. The Bertz CT molecular complexity index is 988. The van der Waals surface area contributed by atoms with Gasteiger partial charge >= 0.3 is 0 Å². The van der Waals surface area contributed by atoms with Crippen molar-refractivity contribution in [3.05, 3.63) is 101 Å². The maximum absolute atomic E-state index is 13.6. The smallest absolute Gasteiger partial charge is 0.255 e. The number of nitrogens with one attached hydrogen (secondary N) is 2. The molecule has 2 amide bonds. The van der Waals surface area contributed by atoms with E-state index in [9.17, 15) is 18.4 Å². The Morgan fingerprint density at radius 3 is 1.93 bits per heavy atom. The summed E-state index contributed by atoms with van der Waals surface area (Å²) in [7, 11) is 0. The molecule has 0 unspecified atom stereocenters. The number of carbonyl (C=O) groups excluding carboxylic acids is 2. The van der Waals surface area contributed by atoms with Gasteiger partial charge in [0.1, 0.15) is 11.6 Å². The molecule has 0 spiro atoms. The van der Waals surface area contributed by atoms with Gasteiger partial charge in [-0.3, -0.25) is 9.59 Å². The average Bonchev–Trinajstić information content (AvgIpc) is 2.71. The third-order valence-electron chi connectivity index (χ3n) is 4.17. The summed E-state index contributed by atoms with van der Waals surface area (Å²) in [5.74, 6) is -1.63. The van der Waals surface area contributed by atoms with Gasteiger partial charge in [-0.05, 0) is 54.4 Å². The maximum atomic E-state index is 13.6. The fourth-order valence-corrected chi connectivity index (χ4v) is 2.64. The Balaban J connectivity index is 1.56. The highest BCUT2D eigenvalue weighted by Gasteiger charge is 2.11. The number of benzene rings is 3. The van der Waals surface area contributed by atoms with E-state index >= 15 is 0 Å². The van der Waals surface area contributed by atoms with Crippen LogP contribution in [0.25, 0.3) is 0 Å². The molecule has 0 bridgehead atoms. The summed E-state index contributed by atoms with van der Waals surface area (Å²) in [4.78, 5) is 24.4. The Kier molecular flexibility index (Phi) is 6.11. The molecule has 0 saturated heterocycles. The maximum Gasteiger partial charge on any atom is 0.255 e. The van der Waals surface area contributed by atoms with Crippen LogP contribution in [0.1, 0.15) is 26.3 Å². The summed E-state index contributed by atoms with van der Waals surface area (Å²) < 4.78 is 27.2. The number of hydrogen-bond acceptors (Lipinski definition) is 2. The van der Waals surface area contributed by atoms with Crippen molar-refractivity contribution < 1.29 is 18.4 Å². The number of hydrogen-bond donors (Lipinski definition) is 2. The highest BCUT2D eigenvalue weighted by Crippen LogP contribution is 2.14. The van der Waals surface area contributed by atoms with Crippen LogP contribution >= 0.6 is 0 Å². The molecule has 3 aromatic carbocycles. The van der Waals surface area contributed by atoms with E-state index in [0.29, 0.717) is 23.1 Å². The van der Waals surface area contributed by atoms with Gasteiger partial charge in [0.05, 0.1) is 5.69 Å². The average molecular weight is 380 g/mol. The first-order chi connectivity index (χ1) is 13.5. The highest BCUT2D eigenvalue weighted by atomic mass is 19.1. The molecule has 0 aromatic heterocycles. The lowest BCUT2D eigenvalue weighted by atomic mass is 10.1. The largest absolute Gasteiger partial charge is 0.352 e. The van der Waals surface area contributed by atoms with Gasteiger partial charge in [-0.2, -0.15) is 0 Å². The van der Waals surface area contributed by atoms with Crippen molar-refractivity contribution in [1.82, 2.24) is 5.32 Å². The van der Waals surface area contributed by atoms with Crippen LogP contribution in [0.4, 0.5) is 14.5 Å². The zero-order valence-electron chi connectivity index (χ0n) is 14.9. The second-order valence-corrected chi connectivity index (χ2v) is 6.11. The Morgan fingerprint density at radius 1 is 0.714 bits per heavy atom. The van der Waals surface area contributed by atoms with Gasteiger partial charge in [0.25, 0.3) is 11.8 Å². The fraction of sp³-hybridized carbons (Fsp3) is 0.0909. The monoisotopic (exact) mass is 380 g/mol. The lowest BCUT2D eigenvalue weighted by Gasteiger charge is -2.08. The third-order valence-corrected chi connectivity index (χ3v) is 4.17. The second-order valence-electron chi connectivity index (χ2n) is 6.11. The molecule has 0 saturated carbocycles. The van der Waals surface area contributed by atoms with Gasteiger partial charge < -0.3 is 10.6 Å². The first-order valence-corrected chi connectivity index (χ1v) is 8.72. The predicted molar refractivity (Wildman–Crippen MR) is 103 cm³/mol. The molecular formula is C22H18F2N2O2. The molecule has 4 nitrogen and oxygen atoms in total. The molecular weight excluding hydrogens is 362 g/mol. The summed E-state index contributed by atoms with van der Waals surface area (Å²) in [6.07, 6.45) is 0.377. The fourth-order valence-electron chi connectivity index (χ4n) is 2.64. The van der Waals surface area contributed by atoms with E-state index in [-0.39, 0.29) is 24.0 Å². The van der Waals surface area contributed by atoms with Gasteiger partial charge in [-0.15, -0.1) is 0 Å². The van der Waals surface area contributed by atoms with E-state index < -0.39 is 11.7 Å². The molecule has 142 valence electrons. The normalized spacial score (nSPS) is 10.4. The predicted octanol–water partition coefficient (Wildman–Crippen LogP) is 4.19. The Morgan fingerprint density at radius 2 is 1.29 bits per heavy atom. The van der Waals surface area contributed by atoms with Crippen LogP contribution in [0.5, 0.6) is 0 Å². The summed E-state index contributed by atoms with van der Waals surface area (Å²) in [6, 6.07) is 18.3. The summed E-state index contributed by atoms with van der Waals surface area (Å²) in [5.41, 5.74) is 1.28. The minimum atomic E-state index is -0.526. The molecule has 0 aliphatic carbocycles. The SMILES string of the molecule is O=C(NCCc1ccccc1F)c1ccc(C(=O)Nc2ccccc2F)cc1. The lowest BCUT2D eigenvalue weighted by molar-refractivity contribution is 0.0952. The Labute approximate surface area is 161 Å². The van der Waals surface area contributed by atoms with E-state index in [1.807, 2.05) is 0 Å². The number of para-hydroxylation sites is 1. The van der Waals surface area contributed by atoms with Crippen LogP contribution in [0.2, 0.25) is 0 Å². The molecule has 0 radical (unpaired) electrons. The number of halogens is 2. The summed E-state index contributed by atoms with van der Waals surface area (Å²) >= 11 is 0. The van der Waals surface area contributed by atoms with E-state index in [0.717, 1.165) is 0 Å². The molecule has 2 N–H and O–H groups in total. The molecule has 0 fully saturated rings. The molecule has 3 aromatic rings. The number of amides is 2. The van der Waals surface area contributed by atoms with Gasteiger partial charge in [-0.25, -0.2) is 8.78 Å². The van der Waals surface area contributed by atoms with Crippen molar-refractivity contribution in [3.63, 3.8) is 0 Å². The molecule has 0 aliphatic rings. The molecule has 0 atom stereocenters. The van der Waals surface area contributed by atoms with Crippen molar-refractivity contribution in [1.29, 1.82) is 0 Å². The van der Waals surface area contributed by atoms with E-state index in [1.165, 1.54) is 48.5 Å². The van der Waals surface area contributed by atoms with Crippen molar-refractivity contribution in [2.75, 3.05) is 11.9 Å². The van der Waals surface area contributed by atoms with Crippen LogP contribution in [0.3, 0.4) is 0 Å². The molecule has 6 heteroatoms. The number of rotatable bonds is 6. The summed E-state index contributed by atoms with van der Waals surface area (Å²) in [6.45, 7) is 0.287. The van der Waals surface area contributed by atoms with Crippen molar-refractivity contribution in [3.8, 4) is 0 Å². The molecule has 3 rings (SSSR count). The van der Waals surface area contributed by atoms with Gasteiger partial charge in [0.15, 0.2) is 0 Å². The number of anilines is 1. The first-order valence-electron chi connectivity index (χ1n) is 8.72. The van der Waals surface area contributed by atoms with Crippen LogP contribution in [-0.4, -0.2) is 18.4 Å². The van der Waals surface area contributed by atoms with Crippen molar-refractivity contribution in [2.24, 2.45) is 0 Å². The van der Waals surface area contributed by atoms with Crippen LogP contribution < -0.4 is 10.6 Å². The van der Waals surface area contributed by atoms with Gasteiger partial charge in [-0.1, -0.05) is 30.3 Å². The number of carbonyl (C=O) groups is 2. The van der Waals surface area contributed by atoms with Gasteiger partial charge in [0, 0.05) is 17.7 Å². The van der Waals surface area contributed by atoms with E-state index in [2.05, 4.69) is 10.6 Å². The van der Waals surface area contributed by atoms with Crippen LogP contribution in [0, 0.1) is 11.6 Å². The second kappa shape index (κ2) is 8.90. The van der Waals surface area contributed by atoms with E-state index in [4.69, 9.17) is 0 Å². The zero-order valence-corrected chi connectivity index (χ0v) is 14.9. The Hall–Kier alpha value is -3.54. The molecule has 28 heavy (non-hydrogen) atoms. The van der Waals surface area contributed by atoms with Crippen molar-refractivity contribution >= 4 is 17.5 Å². The van der Waals surface area contributed by atoms with Crippen molar-refractivity contribution in [2.45, 2.75) is 6.42 Å². The minimum absolute atomic E-state index is 0.0856. The first kappa shape index (κ1) is 19.2. The minimum Gasteiger partial charge on any atom is -0.352 e. The standard InChI is InChI=1S/C22H18F2N2O2/c23-18-6-2-1-5-15(18)13-14-25-21(27)16-9-11-17(12-10-16)22(28)26-20-8-4-3-7-19(20)24/h1-12H,13-14H2,(H,25,27)(H,26,28). The van der Waals surface area contributed by atoms with Gasteiger partial charge in [0.2, 0.25) is 0 Å². The van der Waals surface area contributed by atoms with E-state index in [1.54, 1.807) is 24.3 Å². The van der Waals surface area contributed by atoms with Crippen LogP contribution in [0.15, 0.2) is 72.8 Å². The molecule has 0 aliphatic heterocycles. The van der Waals surface area contributed by atoms with Crippen LogP contribution in [-0.2, 0) is 6.42 Å². The zero-order chi connectivity index (χ0) is 19.9. The summed E-state index contributed by atoms with van der Waals surface area (Å²) in [5, 5.41) is 5.20. The molecule has 0 heterocycles. The highest BCUT2D eigenvalue weighted by molar-refractivity contribution is 6.05.